The Morgan fingerprint density at radius 3 is 2.41 bits per heavy atom. The van der Waals surface area contributed by atoms with Crippen LogP contribution in [-0.2, 0) is 4.79 Å². The summed E-state index contributed by atoms with van der Waals surface area (Å²) < 4.78 is 36.3. The second-order valence-electron chi connectivity index (χ2n) is 6.16. The van der Waals surface area contributed by atoms with Crippen molar-refractivity contribution in [3.8, 4) is 0 Å². The maximum Gasteiger partial charge on any atom is 0.471 e. The number of nitrogens with one attached hydrogen (secondary N) is 2. The number of carbonyl (C=O) groups is 1. The zero-order chi connectivity index (χ0) is 15.3. The number of amides is 1. The minimum atomic E-state index is -4.77. The maximum absolute atomic E-state index is 12.1. The third kappa shape index (κ3) is 6.30. The van der Waals surface area contributed by atoms with Crippen molar-refractivity contribution >= 4 is 18.3 Å². The third-order valence-electron chi connectivity index (χ3n) is 4.43. The van der Waals surface area contributed by atoms with E-state index in [-0.39, 0.29) is 24.9 Å². The van der Waals surface area contributed by atoms with E-state index in [9.17, 15) is 18.0 Å². The summed E-state index contributed by atoms with van der Waals surface area (Å²) in [5.74, 6) is -0.963. The van der Waals surface area contributed by atoms with Gasteiger partial charge >= 0.3 is 12.1 Å². The summed E-state index contributed by atoms with van der Waals surface area (Å²) in [5.41, 5.74) is 0. The van der Waals surface area contributed by atoms with Crippen LogP contribution < -0.4 is 10.6 Å². The lowest BCUT2D eigenvalue weighted by atomic mass is 9.94. The molecule has 0 aliphatic carbocycles. The van der Waals surface area contributed by atoms with E-state index in [4.69, 9.17) is 0 Å². The van der Waals surface area contributed by atoms with Crippen LogP contribution in [0.15, 0.2) is 0 Å². The van der Waals surface area contributed by atoms with Gasteiger partial charge in [0.05, 0.1) is 0 Å². The first-order valence-electron chi connectivity index (χ1n) is 7.73. The summed E-state index contributed by atoms with van der Waals surface area (Å²) in [6.45, 7) is 5.23. The van der Waals surface area contributed by atoms with Gasteiger partial charge in [0, 0.05) is 13.1 Å². The molecule has 0 radical (unpaired) electrons. The van der Waals surface area contributed by atoms with E-state index in [1.165, 1.54) is 12.8 Å². The number of piperidine rings is 2. The molecule has 2 aliphatic heterocycles. The largest absolute Gasteiger partial charge is 0.471 e. The van der Waals surface area contributed by atoms with Crippen LogP contribution in [0.1, 0.15) is 25.7 Å². The smallest absolute Gasteiger partial charge is 0.348 e. The van der Waals surface area contributed by atoms with Crippen LogP contribution in [0, 0.1) is 11.8 Å². The zero-order valence-electron chi connectivity index (χ0n) is 12.6. The first-order chi connectivity index (χ1) is 9.95. The van der Waals surface area contributed by atoms with Gasteiger partial charge < -0.3 is 15.5 Å². The lowest BCUT2D eigenvalue weighted by Gasteiger charge is -2.35. The van der Waals surface area contributed by atoms with Crippen molar-refractivity contribution in [2.45, 2.75) is 31.9 Å². The SMILES string of the molecule is Cl.O=C(NCC1CCN(CC2CCCNC2)CC1)C(F)(F)F. The van der Waals surface area contributed by atoms with Crippen LogP contribution in [0.25, 0.3) is 0 Å². The van der Waals surface area contributed by atoms with Crippen molar-refractivity contribution in [1.82, 2.24) is 15.5 Å². The van der Waals surface area contributed by atoms with E-state index in [0.717, 1.165) is 45.6 Å². The Hall–Kier alpha value is -0.530. The first kappa shape index (κ1) is 19.5. The molecule has 2 aliphatic rings. The Morgan fingerprint density at radius 2 is 1.86 bits per heavy atom. The van der Waals surface area contributed by atoms with Crippen LogP contribution in [-0.4, -0.2) is 56.3 Å². The lowest BCUT2D eigenvalue weighted by Crippen LogP contribution is -2.44. The van der Waals surface area contributed by atoms with Gasteiger partial charge in [-0.15, -0.1) is 12.4 Å². The van der Waals surface area contributed by atoms with Gasteiger partial charge in [0.15, 0.2) is 0 Å². The van der Waals surface area contributed by atoms with Crippen molar-refractivity contribution in [2.24, 2.45) is 11.8 Å². The van der Waals surface area contributed by atoms with Crippen molar-refractivity contribution in [2.75, 3.05) is 39.3 Å². The molecule has 2 rings (SSSR count). The molecule has 0 aromatic carbocycles. The molecule has 1 amide bonds. The Labute approximate surface area is 135 Å². The molecule has 8 heteroatoms. The molecule has 1 atom stereocenters. The molecular weight excluding hydrogens is 319 g/mol. The average molecular weight is 344 g/mol. The number of halogens is 4. The molecule has 2 N–H and O–H groups in total. The highest BCUT2D eigenvalue weighted by Crippen LogP contribution is 2.20. The minimum absolute atomic E-state index is 0. The number of likely N-dealkylation sites (tertiary alicyclic amines) is 1. The van der Waals surface area contributed by atoms with E-state index < -0.39 is 12.1 Å². The third-order valence-corrected chi connectivity index (χ3v) is 4.43. The highest BCUT2D eigenvalue weighted by molar-refractivity contribution is 5.85. The summed E-state index contributed by atoms with van der Waals surface area (Å²) in [7, 11) is 0. The monoisotopic (exact) mass is 343 g/mol. The molecule has 2 fully saturated rings. The fourth-order valence-electron chi connectivity index (χ4n) is 3.16. The van der Waals surface area contributed by atoms with E-state index >= 15 is 0 Å². The van der Waals surface area contributed by atoms with Gasteiger partial charge in [0.2, 0.25) is 0 Å². The van der Waals surface area contributed by atoms with Crippen LogP contribution >= 0.6 is 12.4 Å². The molecule has 130 valence electrons. The van der Waals surface area contributed by atoms with E-state index in [0.29, 0.717) is 5.92 Å². The summed E-state index contributed by atoms with van der Waals surface area (Å²) in [5, 5.41) is 5.40. The predicted octanol–water partition coefficient (Wildman–Crippen LogP) is 1.80. The number of nitrogens with zero attached hydrogens (tertiary/aromatic N) is 1. The first-order valence-corrected chi connectivity index (χ1v) is 7.73. The van der Waals surface area contributed by atoms with Crippen molar-refractivity contribution < 1.29 is 18.0 Å². The van der Waals surface area contributed by atoms with Crippen LogP contribution in [0.4, 0.5) is 13.2 Å². The van der Waals surface area contributed by atoms with Crippen LogP contribution in [0.2, 0.25) is 0 Å². The number of alkyl halides is 3. The second kappa shape index (κ2) is 8.93. The maximum atomic E-state index is 12.1. The van der Waals surface area contributed by atoms with Crippen molar-refractivity contribution in [3.05, 3.63) is 0 Å². The zero-order valence-corrected chi connectivity index (χ0v) is 13.4. The molecular formula is C14H25ClF3N3O. The Bertz CT molecular complexity index is 341. The highest BCUT2D eigenvalue weighted by Gasteiger charge is 2.38. The molecule has 2 saturated heterocycles. The Balaban J connectivity index is 0.00000242. The van der Waals surface area contributed by atoms with E-state index in [2.05, 4.69) is 10.2 Å². The predicted molar refractivity (Wildman–Crippen MR) is 81.1 cm³/mol. The van der Waals surface area contributed by atoms with E-state index in [1.54, 1.807) is 0 Å². The minimum Gasteiger partial charge on any atom is -0.348 e. The fraction of sp³-hybridized carbons (Fsp3) is 0.929. The molecule has 1 unspecified atom stereocenters. The van der Waals surface area contributed by atoms with Crippen molar-refractivity contribution in [3.63, 3.8) is 0 Å². The van der Waals surface area contributed by atoms with Gasteiger partial charge in [0.25, 0.3) is 0 Å². The normalized spacial score (nSPS) is 24.6. The molecule has 22 heavy (non-hydrogen) atoms. The summed E-state index contributed by atoms with van der Waals surface area (Å²) >= 11 is 0. The summed E-state index contributed by atoms with van der Waals surface area (Å²) in [6, 6.07) is 0. The molecule has 0 aromatic heterocycles. The number of hydrogen-bond acceptors (Lipinski definition) is 3. The Kier molecular flexibility index (Phi) is 7.93. The van der Waals surface area contributed by atoms with Gasteiger partial charge in [-0.25, -0.2) is 0 Å². The van der Waals surface area contributed by atoms with Gasteiger partial charge in [-0.3, -0.25) is 4.79 Å². The number of hydrogen-bond donors (Lipinski definition) is 2. The standard InChI is InChI=1S/C14H24F3N3O.ClH/c15-14(16,17)13(21)19-9-11-3-6-20(7-4-11)10-12-2-1-5-18-8-12;/h11-12,18H,1-10H2,(H,19,21);1H. The highest BCUT2D eigenvalue weighted by atomic mass is 35.5. The molecule has 4 nitrogen and oxygen atoms in total. The Morgan fingerprint density at radius 1 is 1.18 bits per heavy atom. The van der Waals surface area contributed by atoms with Crippen LogP contribution in [0.5, 0.6) is 0 Å². The topological polar surface area (TPSA) is 44.4 Å². The van der Waals surface area contributed by atoms with Gasteiger partial charge in [-0.05, 0) is 63.7 Å². The quantitative estimate of drug-likeness (QED) is 0.818. The van der Waals surface area contributed by atoms with Crippen LogP contribution in [0.3, 0.4) is 0 Å². The number of rotatable bonds is 4. The molecule has 0 saturated carbocycles. The molecule has 0 spiro atoms. The van der Waals surface area contributed by atoms with Gasteiger partial charge in [-0.2, -0.15) is 13.2 Å². The summed E-state index contributed by atoms with van der Waals surface area (Å²) in [4.78, 5) is 13.2. The van der Waals surface area contributed by atoms with E-state index in [1.807, 2.05) is 5.32 Å². The summed E-state index contributed by atoms with van der Waals surface area (Å²) in [6.07, 6.45) is -0.565. The average Bonchev–Trinajstić information content (AvgIpc) is 2.46. The van der Waals surface area contributed by atoms with Gasteiger partial charge in [-0.1, -0.05) is 0 Å². The van der Waals surface area contributed by atoms with Gasteiger partial charge in [0.1, 0.15) is 0 Å². The van der Waals surface area contributed by atoms with Crippen molar-refractivity contribution in [1.29, 1.82) is 0 Å². The lowest BCUT2D eigenvalue weighted by molar-refractivity contribution is -0.173. The molecule has 0 aromatic rings. The molecule has 2 heterocycles. The fourth-order valence-corrected chi connectivity index (χ4v) is 3.16. The second-order valence-corrected chi connectivity index (χ2v) is 6.16. The molecule has 0 bridgehead atoms. The number of carbonyl (C=O) groups excluding carboxylic acids is 1.